The van der Waals surface area contributed by atoms with E-state index in [1.54, 1.807) is 0 Å². The minimum absolute atomic E-state index is 0.807. The van der Waals surface area contributed by atoms with Crippen molar-refractivity contribution < 1.29 is 0 Å². The van der Waals surface area contributed by atoms with Crippen LogP contribution in [0.3, 0.4) is 0 Å². The maximum Gasteiger partial charge on any atom is 0.00696 e. The maximum absolute atomic E-state index is 3.58. The summed E-state index contributed by atoms with van der Waals surface area (Å²) in [4.78, 5) is 0. The Morgan fingerprint density at radius 3 is 2.76 bits per heavy atom. The Labute approximate surface area is 106 Å². The van der Waals surface area contributed by atoms with E-state index in [1.807, 2.05) is 0 Å². The van der Waals surface area contributed by atoms with Gasteiger partial charge in [0.05, 0.1) is 0 Å². The van der Waals surface area contributed by atoms with Crippen LogP contribution >= 0.6 is 0 Å². The molecule has 0 amide bonds. The Balaban J connectivity index is 1.63. The molecule has 0 radical (unpaired) electrons. The number of nitrogens with one attached hydrogen (secondary N) is 1. The fourth-order valence-corrected chi connectivity index (χ4v) is 3.05. The van der Waals surface area contributed by atoms with Gasteiger partial charge in [-0.3, -0.25) is 0 Å². The quantitative estimate of drug-likeness (QED) is 0.785. The lowest BCUT2D eigenvalue weighted by Crippen LogP contribution is -2.25. The van der Waals surface area contributed by atoms with Crippen molar-refractivity contribution in [3.8, 4) is 0 Å². The molecule has 17 heavy (non-hydrogen) atoms. The molecule has 1 aromatic carbocycles. The first-order valence-corrected chi connectivity index (χ1v) is 7.15. The molecule has 1 aliphatic carbocycles. The monoisotopic (exact) mass is 231 g/mol. The van der Waals surface area contributed by atoms with Crippen molar-refractivity contribution in [3.05, 3.63) is 35.9 Å². The lowest BCUT2D eigenvalue weighted by molar-refractivity contribution is 0.457. The summed E-state index contributed by atoms with van der Waals surface area (Å²) in [7, 11) is 0. The average Bonchev–Trinajstić information content (AvgIpc) is 2.79. The molecule has 0 aromatic heterocycles. The highest BCUT2D eigenvalue weighted by molar-refractivity contribution is 5.14. The minimum Gasteiger partial charge on any atom is -0.314 e. The average molecular weight is 231 g/mol. The van der Waals surface area contributed by atoms with E-state index in [1.165, 1.54) is 44.1 Å². The van der Waals surface area contributed by atoms with Gasteiger partial charge in [-0.05, 0) is 50.1 Å². The molecule has 0 aliphatic heterocycles. The first-order chi connectivity index (χ1) is 8.38. The van der Waals surface area contributed by atoms with Gasteiger partial charge in [-0.2, -0.15) is 0 Å². The predicted molar refractivity (Wildman–Crippen MR) is 74.2 cm³/mol. The normalized spacial score (nSPS) is 24.1. The van der Waals surface area contributed by atoms with Crippen LogP contribution in [0, 0.1) is 5.92 Å². The van der Waals surface area contributed by atoms with Crippen LogP contribution in [0.2, 0.25) is 0 Å². The molecule has 2 unspecified atom stereocenters. The summed E-state index contributed by atoms with van der Waals surface area (Å²) in [6.07, 6.45) is 8.26. The second-order valence-electron chi connectivity index (χ2n) is 5.31. The van der Waals surface area contributed by atoms with Crippen LogP contribution in [-0.2, 0) is 6.42 Å². The van der Waals surface area contributed by atoms with E-state index in [0.29, 0.717) is 0 Å². The van der Waals surface area contributed by atoms with Gasteiger partial charge in [-0.25, -0.2) is 0 Å². The zero-order valence-corrected chi connectivity index (χ0v) is 11.0. The second kappa shape index (κ2) is 6.80. The molecular formula is C16H25N. The first-order valence-electron chi connectivity index (χ1n) is 7.15. The van der Waals surface area contributed by atoms with Gasteiger partial charge in [0, 0.05) is 6.04 Å². The fourth-order valence-electron chi connectivity index (χ4n) is 3.05. The van der Waals surface area contributed by atoms with Crippen molar-refractivity contribution in [2.24, 2.45) is 5.92 Å². The van der Waals surface area contributed by atoms with E-state index in [4.69, 9.17) is 0 Å². The molecule has 1 heteroatoms. The Morgan fingerprint density at radius 1 is 1.18 bits per heavy atom. The van der Waals surface area contributed by atoms with Crippen molar-refractivity contribution in [1.82, 2.24) is 5.32 Å². The zero-order chi connectivity index (χ0) is 11.9. The molecule has 2 rings (SSSR count). The largest absolute Gasteiger partial charge is 0.314 e. The van der Waals surface area contributed by atoms with Crippen LogP contribution in [0.5, 0.6) is 0 Å². The molecule has 1 aromatic rings. The van der Waals surface area contributed by atoms with Crippen molar-refractivity contribution in [1.29, 1.82) is 0 Å². The molecule has 1 saturated carbocycles. The number of aryl methyl sites for hydroxylation is 1. The lowest BCUT2D eigenvalue weighted by Gasteiger charge is -2.11. The van der Waals surface area contributed by atoms with Crippen LogP contribution in [-0.4, -0.2) is 12.6 Å². The molecule has 0 saturated heterocycles. The van der Waals surface area contributed by atoms with Crippen molar-refractivity contribution >= 4 is 0 Å². The number of rotatable bonds is 6. The van der Waals surface area contributed by atoms with Crippen LogP contribution in [0.1, 0.15) is 44.6 Å². The number of hydrogen-bond acceptors (Lipinski definition) is 1. The van der Waals surface area contributed by atoms with E-state index in [2.05, 4.69) is 42.6 Å². The summed E-state index contributed by atoms with van der Waals surface area (Å²) >= 11 is 0. The van der Waals surface area contributed by atoms with E-state index in [0.717, 1.165) is 18.5 Å². The number of benzene rings is 1. The molecule has 1 aliphatic rings. The Morgan fingerprint density at radius 2 is 2.00 bits per heavy atom. The maximum atomic E-state index is 3.58. The SMILES string of the molecule is CCNC1CCC(CCCc2ccccc2)C1. The summed E-state index contributed by atoms with van der Waals surface area (Å²) in [5.41, 5.74) is 1.49. The lowest BCUT2D eigenvalue weighted by atomic mass is 9.98. The summed E-state index contributed by atoms with van der Waals surface area (Å²) < 4.78 is 0. The van der Waals surface area contributed by atoms with Gasteiger partial charge < -0.3 is 5.32 Å². The van der Waals surface area contributed by atoms with E-state index < -0.39 is 0 Å². The van der Waals surface area contributed by atoms with E-state index in [9.17, 15) is 0 Å². The van der Waals surface area contributed by atoms with Gasteiger partial charge in [0.25, 0.3) is 0 Å². The summed E-state index contributed by atoms with van der Waals surface area (Å²) in [5.74, 6) is 0.975. The van der Waals surface area contributed by atoms with Crippen molar-refractivity contribution in [3.63, 3.8) is 0 Å². The Bertz CT molecular complexity index is 307. The topological polar surface area (TPSA) is 12.0 Å². The van der Waals surface area contributed by atoms with Gasteiger partial charge in [-0.1, -0.05) is 43.7 Å². The third kappa shape index (κ3) is 4.16. The molecule has 1 N–H and O–H groups in total. The highest BCUT2D eigenvalue weighted by atomic mass is 14.9. The summed E-state index contributed by atoms with van der Waals surface area (Å²) in [6.45, 7) is 3.34. The van der Waals surface area contributed by atoms with Gasteiger partial charge >= 0.3 is 0 Å². The minimum atomic E-state index is 0.807. The highest BCUT2D eigenvalue weighted by Gasteiger charge is 2.23. The van der Waals surface area contributed by atoms with Crippen LogP contribution in [0.15, 0.2) is 30.3 Å². The van der Waals surface area contributed by atoms with Gasteiger partial charge in [-0.15, -0.1) is 0 Å². The van der Waals surface area contributed by atoms with Crippen LogP contribution in [0.25, 0.3) is 0 Å². The second-order valence-corrected chi connectivity index (χ2v) is 5.31. The molecule has 0 spiro atoms. The molecular weight excluding hydrogens is 206 g/mol. The van der Waals surface area contributed by atoms with E-state index in [-0.39, 0.29) is 0 Å². The molecule has 2 atom stereocenters. The number of hydrogen-bond donors (Lipinski definition) is 1. The molecule has 0 bridgehead atoms. The third-order valence-electron chi connectivity index (χ3n) is 3.95. The van der Waals surface area contributed by atoms with Gasteiger partial charge in [0.1, 0.15) is 0 Å². The molecule has 94 valence electrons. The summed E-state index contributed by atoms with van der Waals surface area (Å²) in [5, 5.41) is 3.58. The smallest absolute Gasteiger partial charge is 0.00696 e. The van der Waals surface area contributed by atoms with Crippen LogP contribution < -0.4 is 5.32 Å². The van der Waals surface area contributed by atoms with E-state index >= 15 is 0 Å². The summed E-state index contributed by atoms with van der Waals surface area (Å²) in [6, 6.07) is 11.7. The zero-order valence-electron chi connectivity index (χ0n) is 11.0. The van der Waals surface area contributed by atoms with Crippen molar-refractivity contribution in [2.75, 3.05) is 6.54 Å². The highest BCUT2D eigenvalue weighted by Crippen LogP contribution is 2.29. The third-order valence-corrected chi connectivity index (χ3v) is 3.95. The fraction of sp³-hybridized carbons (Fsp3) is 0.625. The Kier molecular flexibility index (Phi) is 5.06. The van der Waals surface area contributed by atoms with Crippen molar-refractivity contribution in [2.45, 2.75) is 51.5 Å². The molecule has 0 heterocycles. The first kappa shape index (κ1) is 12.6. The Hall–Kier alpha value is -0.820. The van der Waals surface area contributed by atoms with Gasteiger partial charge in [0.15, 0.2) is 0 Å². The van der Waals surface area contributed by atoms with Crippen LogP contribution in [0.4, 0.5) is 0 Å². The standard InChI is InChI=1S/C16H25N/c1-2-17-16-12-11-15(13-16)10-6-9-14-7-4-3-5-8-14/h3-5,7-8,15-17H,2,6,9-13H2,1H3. The molecule has 1 fully saturated rings. The van der Waals surface area contributed by atoms with Gasteiger partial charge in [0.2, 0.25) is 0 Å². The predicted octanol–water partition coefficient (Wildman–Crippen LogP) is 3.79. The molecule has 1 nitrogen and oxygen atoms in total.